The summed E-state index contributed by atoms with van der Waals surface area (Å²) < 4.78 is 40.2. The van der Waals surface area contributed by atoms with Crippen molar-refractivity contribution in [3.05, 3.63) is 82.0 Å². The van der Waals surface area contributed by atoms with Crippen LogP contribution in [0.3, 0.4) is 0 Å². The molecule has 1 saturated heterocycles. The van der Waals surface area contributed by atoms with Gasteiger partial charge in [-0.05, 0) is 46.5 Å². The van der Waals surface area contributed by atoms with Crippen molar-refractivity contribution in [2.75, 3.05) is 26.3 Å². The summed E-state index contributed by atoms with van der Waals surface area (Å²) in [6.07, 6.45) is -3.86. The molecule has 0 unspecified atom stereocenters. The summed E-state index contributed by atoms with van der Waals surface area (Å²) in [5, 5.41) is 4.93. The Hall–Kier alpha value is -2.48. The van der Waals surface area contributed by atoms with Gasteiger partial charge in [0.15, 0.2) is 0 Å². The molecular weight excluding hydrogens is 435 g/mol. The molecule has 1 aliphatic carbocycles. The summed E-state index contributed by atoms with van der Waals surface area (Å²) in [5.74, 6) is -1.65. The number of halogens is 3. The van der Waals surface area contributed by atoms with Gasteiger partial charge in [0.05, 0.1) is 13.2 Å². The fourth-order valence-electron chi connectivity index (χ4n) is 3.43. The molecule has 1 aliphatic heterocycles. The molecule has 0 atom stereocenters. The van der Waals surface area contributed by atoms with Gasteiger partial charge >= 0.3 is 6.18 Å². The second-order valence-corrected chi connectivity index (χ2v) is 8.39. The Morgan fingerprint density at radius 1 is 0.906 bits per heavy atom. The zero-order valence-electron chi connectivity index (χ0n) is 17.7. The Kier molecular flexibility index (Phi) is 9.02. The van der Waals surface area contributed by atoms with E-state index in [9.17, 15) is 18.0 Å². The smallest absolute Gasteiger partial charge is 0.379 e. The van der Waals surface area contributed by atoms with E-state index in [2.05, 4.69) is 53.8 Å². The van der Waals surface area contributed by atoms with Crippen molar-refractivity contribution in [3.63, 3.8) is 0 Å². The minimum Gasteiger partial charge on any atom is -0.379 e. The molecule has 2 aromatic carbocycles. The number of fused-ring (bicyclic) bond motifs is 3. The molecule has 2 heterocycles. The number of benzene rings is 2. The van der Waals surface area contributed by atoms with Crippen LogP contribution in [0.15, 0.2) is 66.0 Å². The number of carbonyl (C=O) groups is 1. The van der Waals surface area contributed by atoms with E-state index in [1.807, 2.05) is 0 Å². The van der Waals surface area contributed by atoms with Crippen molar-refractivity contribution in [2.24, 2.45) is 0 Å². The number of ketones is 1. The normalized spacial score (nSPS) is 14.2. The van der Waals surface area contributed by atoms with E-state index in [-0.39, 0.29) is 6.42 Å². The van der Waals surface area contributed by atoms with E-state index in [1.54, 1.807) is 17.5 Å². The number of hydrogen-bond donors (Lipinski definition) is 1. The molecule has 1 aromatic heterocycles. The second kappa shape index (κ2) is 11.9. The molecule has 1 fully saturated rings. The highest BCUT2D eigenvalue weighted by Gasteiger charge is 2.37. The zero-order chi connectivity index (χ0) is 22.8. The number of Topliss-reactive ketones (excluding diaryl/α,β-unsaturated/α-hetero) is 1. The molecule has 0 saturated carbocycles. The van der Waals surface area contributed by atoms with Crippen molar-refractivity contribution in [1.82, 2.24) is 5.32 Å². The number of thiophene rings is 1. The minimum absolute atomic E-state index is 0.177. The number of nitrogens with one attached hydrogen (secondary N) is 1. The van der Waals surface area contributed by atoms with E-state index < -0.39 is 18.4 Å². The van der Waals surface area contributed by atoms with Crippen molar-refractivity contribution in [3.8, 4) is 11.1 Å². The highest BCUT2D eigenvalue weighted by Crippen LogP contribution is 2.35. The first kappa shape index (κ1) is 24.2. The monoisotopic (exact) mass is 461 g/mol. The molecular formula is C25H26F3NO2S. The van der Waals surface area contributed by atoms with Gasteiger partial charge in [-0.2, -0.15) is 13.2 Å². The molecule has 0 radical (unpaired) electrons. The molecule has 5 rings (SSSR count). The summed E-state index contributed by atoms with van der Waals surface area (Å²) in [6.45, 7) is 3.83. The molecule has 170 valence electrons. The van der Waals surface area contributed by atoms with Crippen LogP contribution >= 0.6 is 11.3 Å². The van der Waals surface area contributed by atoms with Crippen LogP contribution in [-0.4, -0.2) is 38.3 Å². The fourth-order valence-corrected chi connectivity index (χ4v) is 4.14. The van der Waals surface area contributed by atoms with E-state index in [0.29, 0.717) is 0 Å². The van der Waals surface area contributed by atoms with Crippen molar-refractivity contribution in [1.29, 1.82) is 0 Å². The van der Waals surface area contributed by atoms with Crippen LogP contribution < -0.4 is 5.32 Å². The first-order valence-corrected chi connectivity index (χ1v) is 11.4. The third-order valence-electron chi connectivity index (χ3n) is 5.05. The molecule has 7 heteroatoms. The van der Waals surface area contributed by atoms with Crippen LogP contribution in [0.25, 0.3) is 11.1 Å². The highest BCUT2D eigenvalue weighted by molar-refractivity contribution is 7.09. The molecule has 3 aromatic rings. The lowest BCUT2D eigenvalue weighted by Gasteiger charge is -2.10. The Labute approximate surface area is 190 Å². The summed E-state index contributed by atoms with van der Waals surface area (Å²) in [5.41, 5.74) is 5.75. The number of carbonyl (C=O) groups excluding carboxylic acids is 1. The standard InChI is InChI=1S/C13H10.C8H7F3OS.C4H9NO/c1-3-7-12-10(5-1)9-11-6-2-4-8-13(11)12;9-8(10,11)7(12)4-3-6-2-1-5-13-6;1-3-6-4-2-5-1/h1-8H,9H2;1-2,5H,3-4H2;5H,1-4H2. The summed E-state index contributed by atoms with van der Waals surface area (Å²) in [6, 6.07) is 20.8. The minimum atomic E-state index is -4.68. The van der Waals surface area contributed by atoms with E-state index in [4.69, 9.17) is 4.74 Å². The molecule has 0 bridgehead atoms. The first-order valence-electron chi connectivity index (χ1n) is 10.5. The topological polar surface area (TPSA) is 38.3 Å². The van der Waals surface area contributed by atoms with Crippen LogP contribution in [0.1, 0.15) is 22.4 Å². The summed E-state index contributed by atoms with van der Waals surface area (Å²) in [7, 11) is 0. The van der Waals surface area contributed by atoms with Crippen LogP contribution in [0.5, 0.6) is 0 Å². The van der Waals surface area contributed by atoms with Gasteiger partial charge in [0.2, 0.25) is 5.78 Å². The second-order valence-electron chi connectivity index (χ2n) is 7.35. The van der Waals surface area contributed by atoms with Crippen LogP contribution in [0.4, 0.5) is 13.2 Å². The molecule has 3 nitrogen and oxygen atoms in total. The van der Waals surface area contributed by atoms with Gasteiger partial charge in [-0.25, -0.2) is 0 Å². The van der Waals surface area contributed by atoms with Gasteiger partial charge in [0.1, 0.15) is 0 Å². The largest absolute Gasteiger partial charge is 0.449 e. The third kappa shape index (κ3) is 7.29. The lowest BCUT2D eigenvalue weighted by molar-refractivity contribution is -0.170. The van der Waals surface area contributed by atoms with E-state index in [1.165, 1.54) is 33.6 Å². The van der Waals surface area contributed by atoms with Gasteiger partial charge in [-0.1, -0.05) is 54.6 Å². The Morgan fingerprint density at radius 2 is 1.50 bits per heavy atom. The van der Waals surface area contributed by atoms with Gasteiger partial charge in [-0.15, -0.1) is 11.3 Å². The van der Waals surface area contributed by atoms with Gasteiger partial charge < -0.3 is 10.1 Å². The Morgan fingerprint density at radius 3 is 1.94 bits per heavy atom. The van der Waals surface area contributed by atoms with Gasteiger partial charge in [0.25, 0.3) is 0 Å². The predicted molar refractivity (Wildman–Crippen MR) is 122 cm³/mol. The summed E-state index contributed by atoms with van der Waals surface area (Å²) in [4.78, 5) is 11.2. The summed E-state index contributed by atoms with van der Waals surface area (Å²) >= 11 is 1.36. The number of alkyl halides is 3. The highest BCUT2D eigenvalue weighted by atomic mass is 32.1. The number of ether oxygens (including phenoxy) is 1. The predicted octanol–water partition coefficient (Wildman–Crippen LogP) is 5.68. The Bertz CT molecular complexity index is 928. The fraction of sp³-hybridized carbons (Fsp3) is 0.320. The Balaban J connectivity index is 0.000000145. The van der Waals surface area contributed by atoms with E-state index >= 15 is 0 Å². The lowest BCUT2D eigenvalue weighted by Crippen LogP contribution is -2.30. The molecule has 0 amide bonds. The van der Waals surface area contributed by atoms with E-state index in [0.717, 1.165) is 37.6 Å². The first-order chi connectivity index (χ1) is 15.4. The number of morpholine rings is 1. The lowest BCUT2D eigenvalue weighted by atomic mass is 10.1. The molecule has 1 N–H and O–H groups in total. The number of aryl methyl sites for hydroxylation is 1. The third-order valence-corrected chi connectivity index (χ3v) is 5.98. The van der Waals surface area contributed by atoms with Gasteiger partial charge in [0, 0.05) is 24.4 Å². The quantitative estimate of drug-likeness (QED) is 0.427. The molecule has 2 aliphatic rings. The average molecular weight is 462 g/mol. The van der Waals surface area contributed by atoms with Crippen LogP contribution in [-0.2, 0) is 22.4 Å². The molecule has 32 heavy (non-hydrogen) atoms. The average Bonchev–Trinajstić information content (AvgIpc) is 3.46. The number of rotatable bonds is 3. The number of hydrogen-bond acceptors (Lipinski definition) is 4. The molecule has 0 spiro atoms. The van der Waals surface area contributed by atoms with Crippen LogP contribution in [0.2, 0.25) is 0 Å². The zero-order valence-corrected chi connectivity index (χ0v) is 18.5. The van der Waals surface area contributed by atoms with Crippen LogP contribution in [0, 0.1) is 0 Å². The maximum Gasteiger partial charge on any atom is 0.449 e. The van der Waals surface area contributed by atoms with Crippen molar-refractivity contribution in [2.45, 2.75) is 25.4 Å². The maximum absolute atomic E-state index is 11.7. The maximum atomic E-state index is 11.7. The van der Waals surface area contributed by atoms with Crippen molar-refractivity contribution < 1.29 is 22.7 Å². The van der Waals surface area contributed by atoms with Crippen molar-refractivity contribution >= 4 is 17.1 Å². The SMILES string of the molecule is C1COCCN1.O=C(CCc1cccs1)C(F)(F)F.c1ccc2c(c1)Cc1ccccc1-2. The van der Waals surface area contributed by atoms with Gasteiger partial charge in [-0.3, -0.25) is 4.79 Å².